The Morgan fingerprint density at radius 2 is 1.96 bits per heavy atom. The Kier molecular flexibility index (Phi) is 7.09. The molecule has 0 spiro atoms. The highest BCUT2D eigenvalue weighted by Gasteiger charge is 2.33. The molecule has 2 saturated heterocycles. The molecule has 0 radical (unpaired) electrons. The van der Waals surface area contributed by atoms with Crippen molar-refractivity contribution in [2.24, 2.45) is 0 Å². The van der Waals surface area contributed by atoms with E-state index in [-0.39, 0.29) is 6.04 Å². The zero-order chi connectivity index (χ0) is 18.4. The van der Waals surface area contributed by atoms with Gasteiger partial charge in [0.05, 0.1) is 4.90 Å². The molecule has 2 aliphatic heterocycles. The number of aryl methyl sites for hydroxylation is 1. The van der Waals surface area contributed by atoms with Gasteiger partial charge in [-0.3, -0.25) is 0 Å². The number of hydrogen-bond donors (Lipinski definition) is 1. The van der Waals surface area contributed by atoms with E-state index in [1.807, 2.05) is 25.1 Å². The van der Waals surface area contributed by atoms with Crippen molar-refractivity contribution in [3.05, 3.63) is 29.8 Å². The second kappa shape index (κ2) is 9.31. The lowest BCUT2D eigenvalue weighted by atomic mass is 10.1. The molecule has 1 N–H and O–H groups in total. The van der Waals surface area contributed by atoms with Crippen LogP contribution in [0.2, 0.25) is 0 Å². The predicted molar refractivity (Wildman–Crippen MR) is 106 cm³/mol. The topological polar surface area (TPSA) is 52.7 Å². The van der Waals surface area contributed by atoms with Crippen molar-refractivity contribution in [2.75, 3.05) is 39.3 Å². The number of piperidine rings is 1. The number of sulfonamides is 1. The molecular formula is C20H33N3O2S. The highest BCUT2D eigenvalue weighted by molar-refractivity contribution is 7.89. The summed E-state index contributed by atoms with van der Waals surface area (Å²) in [6, 6.07) is 7.55. The van der Waals surface area contributed by atoms with Gasteiger partial charge in [-0.25, -0.2) is 8.42 Å². The first-order chi connectivity index (χ1) is 12.6. The zero-order valence-corrected chi connectivity index (χ0v) is 16.8. The molecule has 0 saturated carbocycles. The van der Waals surface area contributed by atoms with Gasteiger partial charge >= 0.3 is 0 Å². The molecule has 2 heterocycles. The largest absolute Gasteiger partial charge is 0.315 e. The third kappa shape index (κ3) is 4.66. The minimum atomic E-state index is -3.46. The monoisotopic (exact) mass is 379 g/mol. The van der Waals surface area contributed by atoms with Crippen LogP contribution in [0.3, 0.4) is 0 Å². The Bertz CT molecular complexity index is 665. The summed E-state index contributed by atoms with van der Waals surface area (Å²) >= 11 is 0. The van der Waals surface area contributed by atoms with Crippen LogP contribution in [0, 0.1) is 0 Å². The zero-order valence-electron chi connectivity index (χ0n) is 16.0. The Balaban J connectivity index is 1.78. The number of nitrogens with zero attached hydrogens (tertiary/aromatic N) is 2. The summed E-state index contributed by atoms with van der Waals surface area (Å²) in [6.45, 7) is 7.72. The SMILES string of the molecule is CCc1ccccc1S(=O)(=O)N(CCCN1CCCC1)C1CCCNC1. The molecular weight excluding hydrogens is 346 g/mol. The third-order valence-electron chi connectivity index (χ3n) is 5.67. The molecule has 6 heteroatoms. The van der Waals surface area contributed by atoms with Crippen LogP contribution in [0.25, 0.3) is 0 Å². The van der Waals surface area contributed by atoms with Crippen LogP contribution in [0.1, 0.15) is 44.6 Å². The molecule has 26 heavy (non-hydrogen) atoms. The van der Waals surface area contributed by atoms with Gasteiger partial charge in [-0.1, -0.05) is 25.1 Å². The fraction of sp³-hybridized carbons (Fsp3) is 0.700. The average molecular weight is 380 g/mol. The molecule has 0 aromatic heterocycles. The quantitative estimate of drug-likeness (QED) is 0.754. The van der Waals surface area contributed by atoms with Crippen molar-refractivity contribution in [2.45, 2.75) is 56.4 Å². The van der Waals surface area contributed by atoms with E-state index in [2.05, 4.69) is 10.2 Å². The molecule has 146 valence electrons. The molecule has 0 amide bonds. The third-order valence-corrected chi connectivity index (χ3v) is 7.72. The first-order valence-electron chi connectivity index (χ1n) is 10.2. The number of hydrogen-bond acceptors (Lipinski definition) is 4. The summed E-state index contributed by atoms with van der Waals surface area (Å²) in [5, 5.41) is 3.38. The molecule has 2 aliphatic rings. The molecule has 2 fully saturated rings. The van der Waals surface area contributed by atoms with Gasteiger partial charge in [0, 0.05) is 19.1 Å². The average Bonchev–Trinajstić information content (AvgIpc) is 3.19. The van der Waals surface area contributed by atoms with Gasteiger partial charge in [0.15, 0.2) is 0 Å². The second-order valence-corrected chi connectivity index (χ2v) is 9.34. The minimum Gasteiger partial charge on any atom is -0.315 e. The van der Waals surface area contributed by atoms with Gasteiger partial charge in [0.1, 0.15) is 0 Å². The smallest absolute Gasteiger partial charge is 0.243 e. The number of rotatable bonds is 8. The van der Waals surface area contributed by atoms with Crippen molar-refractivity contribution in [1.29, 1.82) is 0 Å². The van der Waals surface area contributed by atoms with E-state index in [9.17, 15) is 8.42 Å². The number of nitrogens with one attached hydrogen (secondary N) is 1. The lowest BCUT2D eigenvalue weighted by Crippen LogP contribution is -2.49. The van der Waals surface area contributed by atoms with Gasteiger partial charge in [0.2, 0.25) is 10.0 Å². The lowest BCUT2D eigenvalue weighted by Gasteiger charge is -2.34. The maximum Gasteiger partial charge on any atom is 0.243 e. The van der Waals surface area contributed by atoms with Crippen molar-refractivity contribution in [3.63, 3.8) is 0 Å². The summed E-state index contributed by atoms with van der Waals surface area (Å²) in [5.74, 6) is 0. The highest BCUT2D eigenvalue weighted by Crippen LogP contribution is 2.25. The van der Waals surface area contributed by atoms with Crippen LogP contribution in [-0.4, -0.2) is 62.9 Å². The van der Waals surface area contributed by atoms with E-state index >= 15 is 0 Å². The van der Waals surface area contributed by atoms with E-state index in [0.717, 1.165) is 64.0 Å². The fourth-order valence-electron chi connectivity index (χ4n) is 4.21. The van der Waals surface area contributed by atoms with Crippen molar-refractivity contribution in [3.8, 4) is 0 Å². The van der Waals surface area contributed by atoms with Crippen LogP contribution < -0.4 is 5.32 Å². The van der Waals surface area contributed by atoms with E-state index in [1.54, 1.807) is 10.4 Å². The Morgan fingerprint density at radius 3 is 2.65 bits per heavy atom. The summed E-state index contributed by atoms with van der Waals surface area (Å²) in [6.07, 6.45) is 6.18. The van der Waals surface area contributed by atoms with Crippen LogP contribution in [0.15, 0.2) is 29.2 Å². The number of benzene rings is 1. The first kappa shape index (κ1) is 19.8. The predicted octanol–water partition coefficient (Wildman–Crippen LogP) is 2.48. The Morgan fingerprint density at radius 1 is 1.19 bits per heavy atom. The Labute approximate surface area is 158 Å². The van der Waals surface area contributed by atoms with Crippen LogP contribution >= 0.6 is 0 Å². The summed E-state index contributed by atoms with van der Waals surface area (Å²) < 4.78 is 28.8. The summed E-state index contributed by atoms with van der Waals surface area (Å²) in [4.78, 5) is 2.96. The first-order valence-corrected chi connectivity index (χ1v) is 11.6. The fourth-order valence-corrected chi connectivity index (χ4v) is 6.20. The van der Waals surface area contributed by atoms with Gasteiger partial charge < -0.3 is 10.2 Å². The maximum absolute atomic E-state index is 13.5. The van der Waals surface area contributed by atoms with Crippen LogP contribution in [0.4, 0.5) is 0 Å². The molecule has 0 aliphatic carbocycles. The van der Waals surface area contributed by atoms with Crippen molar-refractivity contribution in [1.82, 2.24) is 14.5 Å². The molecule has 1 aromatic carbocycles. The van der Waals surface area contributed by atoms with E-state index < -0.39 is 10.0 Å². The van der Waals surface area contributed by atoms with Gasteiger partial charge in [0.25, 0.3) is 0 Å². The lowest BCUT2D eigenvalue weighted by molar-refractivity contribution is 0.246. The van der Waals surface area contributed by atoms with Crippen LogP contribution in [0.5, 0.6) is 0 Å². The van der Waals surface area contributed by atoms with E-state index in [0.29, 0.717) is 11.4 Å². The van der Waals surface area contributed by atoms with Crippen molar-refractivity contribution < 1.29 is 8.42 Å². The van der Waals surface area contributed by atoms with Crippen molar-refractivity contribution >= 4 is 10.0 Å². The summed E-state index contributed by atoms with van der Waals surface area (Å²) in [5.41, 5.74) is 0.917. The van der Waals surface area contributed by atoms with Gasteiger partial charge in [-0.05, 0) is 76.3 Å². The minimum absolute atomic E-state index is 0.0669. The van der Waals surface area contributed by atoms with E-state index in [1.165, 1.54) is 12.8 Å². The highest BCUT2D eigenvalue weighted by atomic mass is 32.2. The standard InChI is InChI=1S/C20H33N3O2S/c1-2-18-9-3-4-11-20(18)26(24,25)23(19-10-7-12-21-17-19)16-8-15-22-13-5-6-14-22/h3-4,9,11,19,21H,2,5-8,10,12-17H2,1H3. The Hall–Kier alpha value is -0.950. The van der Waals surface area contributed by atoms with Crippen LogP contribution in [-0.2, 0) is 16.4 Å². The molecule has 3 rings (SSSR count). The second-order valence-electron chi connectivity index (χ2n) is 7.48. The van der Waals surface area contributed by atoms with Gasteiger partial charge in [-0.2, -0.15) is 4.31 Å². The summed E-state index contributed by atoms with van der Waals surface area (Å²) in [7, 11) is -3.46. The van der Waals surface area contributed by atoms with E-state index in [4.69, 9.17) is 0 Å². The maximum atomic E-state index is 13.5. The molecule has 1 unspecified atom stereocenters. The molecule has 0 bridgehead atoms. The molecule has 5 nitrogen and oxygen atoms in total. The van der Waals surface area contributed by atoms with Gasteiger partial charge in [-0.15, -0.1) is 0 Å². The number of likely N-dealkylation sites (tertiary alicyclic amines) is 1. The molecule has 1 aromatic rings. The molecule has 1 atom stereocenters. The normalized spacial score (nSPS) is 22.2.